The number of rotatable bonds is 0. The molecule has 0 unspecified atom stereocenters. The Balaban J connectivity index is 0. The van der Waals surface area contributed by atoms with Crippen molar-refractivity contribution in [2.75, 3.05) is 0 Å². The highest BCUT2D eigenvalue weighted by molar-refractivity contribution is 4.00. The van der Waals surface area contributed by atoms with Gasteiger partial charge in [0.15, 0.2) is 0 Å². The Morgan fingerprint density at radius 2 is 1.40 bits per heavy atom. The molecule has 34 valence electrons. The summed E-state index contributed by atoms with van der Waals surface area (Å²) in [6.45, 7) is -2.67. The van der Waals surface area contributed by atoms with Crippen LogP contribution in [0.4, 0.5) is 13.5 Å². The molecule has 0 aromatic rings. The standard InChI is InChI=1S/CH3F2N.FH/c2-1(3)4;/h1H,4H2;1H. The highest BCUT2D eigenvalue weighted by Gasteiger charge is 1.79. The maximum absolute atomic E-state index is 10.1. The zero-order valence-corrected chi connectivity index (χ0v) is 2.32. The maximum Gasteiger partial charge on any atom is 0.289 e. The molecule has 0 aliphatic rings. The number of alkyl halides is 2. The smallest absolute Gasteiger partial charge is 0.275 e. The normalized spacial score (nSPS) is 7.20. The van der Waals surface area contributed by atoms with Crippen LogP contribution >= 0.6 is 0 Å². The van der Waals surface area contributed by atoms with Gasteiger partial charge in [-0.05, 0) is 0 Å². The fourth-order valence-corrected chi connectivity index (χ4v) is 0. The SMILES string of the molecule is F.NC(F)F. The number of halogens is 3. The molecule has 0 heterocycles. The van der Waals surface area contributed by atoms with Crippen LogP contribution in [0, 0.1) is 0 Å². The van der Waals surface area contributed by atoms with Gasteiger partial charge in [-0.15, -0.1) is 0 Å². The Morgan fingerprint density at radius 3 is 1.40 bits per heavy atom. The van der Waals surface area contributed by atoms with Crippen LogP contribution in [-0.4, -0.2) is 6.55 Å². The zero-order valence-electron chi connectivity index (χ0n) is 2.32. The van der Waals surface area contributed by atoms with Crippen molar-refractivity contribution >= 4 is 0 Å². The molecule has 0 bridgehead atoms. The molecule has 2 N–H and O–H groups in total. The fraction of sp³-hybridized carbons (Fsp3) is 1.00. The van der Waals surface area contributed by atoms with Crippen LogP contribution < -0.4 is 5.73 Å². The third-order valence-corrected chi connectivity index (χ3v) is 0. The molecular formula is CH4F3N. The van der Waals surface area contributed by atoms with E-state index in [0.29, 0.717) is 0 Å². The summed E-state index contributed by atoms with van der Waals surface area (Å²) in [6.07, 6.45) is 0. The van der Waals surface area contributed by atoms with Gasteiger partial charge in [-0.25, -0.2) is 0 Å². The fourth-order valence-electron chi connectivity index (χ4n) is 0. The van der Waals surface area contributed by atoms with E-state index in [-0.39, 0.29) is 4.70 Å². The van der Waals surface area contributed by atoms with Crippen molar-refractivity contribution in [2.45, 2.75) is 6.55 Å². The minimum atomic E-state index is -2.67. The summed E-state index contributed by atoms with van der Waals surface area (Å²) in [7, 11) is 0. The van der Waals surface area contributed by atoms with Gasteiger partial charge in [-0.2, -0.15) is 8.78 Å². The van der Waals surface area contributed by atoms with Crippen LogP contribution in [0.15, 0.2) is 0 Å². The molecule has 0 radical (unpaired) electrons. The number of nitrogens with two attached hydrogens (primary N) is 1. The Kier molecular flexibility index (Phi) is 6.62. The third kappa shape index (κ3) is 184. The van der Waals surface area contributed by atoms with E-state index in [9.17, 15) is 8.78 Å². The zero-order chi connectivity index (χ0) is 3.58. The molecule has 4 heteroatoms. The lowest BCUT2D eigenvalue weighted by atomic mass is 11.4. The highest BCUT2D eigenvalue weighted by atomic mass is 19.3. The van der Waals surface area contributed by atoms with Crippen LogP contribution in [0.2, 0.25) is 0 Å². The van der Waals surface area contributed by atoms with E-state index < -0.39 is 6.55 Å². The molecule has 0 amide bonds. The minimum absolute atomic E-state index is 0. The second-order valence-electron chi connectivity index (χ2n) is 0.334. The Hall–Kier alpha value is -0.250. The molecule has 0 spiro atoms. The van der Waals surface area contributed by atoms with Crippen molar-refractivity contribution in [3.8, 4) is 0 Å². The van der Waals surface area contributed by atoms with Crippen LogP contribution in [-0.2, 0) is 0 Å². The molecule has 5 heavy (non-hydrogen) atoms. The first-order valence-corrected chi connectivity index (χ1v) is 0.770. The number of hydrogen-bond donors (Lipinski definition) is 1. The van der Waals surface area contributed by atoms with E-state index in [1.165, 1.54) is 0 Å². The van der Waals surface area contributed by atoms with E-state index in [4.69, 9.17) is 0 Å². The van der Waals surface area contributed by atoms with Gasteiger partial charge in [-0.1, -0.05) is 0 Å². The van der Waals surface area contributed by atoms with Gasteiger partial charge in [0.25, 0.3) is 6.55 Å². The van der Waals surface area contributed by atoms with E-state index in [2.05, 4.69) is 5.73 Å². The van der Waals surface area contributed by atoms with E-state index in [1.54, 1.807) is 0 Å². The Bertz CT molecular complexity index is 11.6. The first-order valence-electron chi connectivity index (χ1n) is 0.770. The van der Waals surface area contributed by atoms with Crippen molar-refractivity contribution in [1.82, 2.24) is 0 Å². The van der Waals surface area contributed by atoms with Gasteiger partial charge >= 0.3 is 0 Å². The molecule has 0 fully saturated rings. The summed E-state index contributed by atoms with van der Waals surface area (Å²) in [6, 6.07) is 0. The van der Waals surface area contributed by atoms with Crippen LogP contribution in [0.3, 0.4) is 0 Å². The van der Waals surface area contributed by atoms with Gasteiger partial charge in [0, 0.05) is 0 Å². The molecule has 0 aromatic carbocycles. The molecule has 1 nitrogen and oxygen atoms in total. The van der Waals surface area contributed by atoms with Crippen molar-refractivity contribution in [3.63, 3.8) is 0 Å². The first-order chi connectivity index (χ1) is 1.73. The quantitative estimate of drug-likeness (QED) is 0.423. The first kappa shape index (κ1) is 8.83. The van der Waals surface area contributed by atoms with Crippen molar-refractivity contribution in [2.24, 2.45) is 5.73 Å². The van der Waals surface area contributed by atoms with E-state index in [0.717, 1.165) is 0 Å². The molecule has 0 aliphatic heterocycles. The third-order valence-electron chi connectivity index (χ3n) is 0. The lowest BCUT2D eigenvalue weighted by Gasteiger charge is -1.72. The molecule has 0 aromatic heterocycles. The molecule has 0 atom stereocenters. The minimum Gasteiger partial charge on any atom is -0.275 e. The molecule has 0 aliphatic carbocycles. The van der Waals surface area contributed by atoms with E-state index >= 15 is 0 Å². The van der Waals surface area contributed by atoms with Crippen molar-refractivity contribution < 1.29 is 13.5 Å². The maximum atomic E-state index is 10.1. The van der Waals surface area contributed by atoms with Gasteiger partial charge in [-0.3, -0.25) is 10.4 Å². The second-order valence-corrected chi connectivity index (χ2v) is 0.334. The van der Waals surface area contributed by atoms with Gasteiger partial charge in [0.2, 0.25) is 0 Å². The van der Waals surface area contributed by atoms with Crippen molar-refractivity contribution in [1.29, 1.82) is 0 Å². The summed E-state index contributed by atoms with van der Waals surface area (Å²) in [5.74, 6) is 0. The van der Waals surface area contributed by atoms with Crippen LogP contribution in [0.25, 0.3) is 0 Å². The molecular weight excluding hydrogens is 83.0 g/mol. The van der Waals surface area contributed by atoms with Crippen LogP contribution in [0.5, 0.6) is 0 Å². The van der Waals surface area contributed by atoms with Crippen molar-refractivity contribution in [3.05, 3.63) is 0 Å². The highest BCUT2D eigenvalue weighted by Crippen LogP contribution is 1.71. The monoisotopic (exact) mass is 87.0 g/mol. The summed E-state index contributed by atoms with van der Waals surface area (Å²) in [5.41, 5.74) is 3.78. The topological polar surface area (TPSA) is 26.0 Å². The van der Waals surface area contributed by atoms with E-state index in [1.807, 2.05) is 0 Å². The average Bonchev–Trinajstić information content (AvgIpc) is 0.811. The lowest BCUT2D eigenvalue weighted by Crippen LogP contribution is -2.02. The number of hydrogen-bond acceptors (Lipinski definition) is 1. The Labute approximate surface area is 27.1 Å². The second kappa shape index (κ2) is 3.75. The summed E-state index contributed by atoms with van der Waals surface area (Å²) in [4.78, 5) is 0. The lowest BCUT2D eigenvalue weighted by molar-refractivity contribution is 0.157. The van der Waals surface area contributed by atoms with Gasteiger partial charge in [0.1, 0.15) is 0 Å². The molecule has 0 saturated carbocycles. The summed E-state index contributed by atoms with van der Waals surface area (Å²) >= 11 is 0. The largest absolute Gasteiger partial charge is 0.289 e. The average molecular weight is 87.0 g/mol. The predicted octanol–water partition coefficient (Wildman–Crippen LogP) is 0.320. The summed E-state index contributed by atoms with van der Waals surface area (Å²) < 4.78 is 20.2. The summed E-state index contributed by atoms with van der Waals surface area (Å²) in [5, 5.41) is 0. The van der Waals surface area contributed by atoms with Crippen LogP contribution in [0.1, 0.15) is 0 Å². The molecule has 0 saturated heterocycles. The Morgan fingerprint density at radius 1 is 1.40 bits per heavy atom. The predicted molar refractivity (Wildman–Crippen MR) is 12.7 cm³/mol. The molecule has 0 rings (SSSR count). The van der Waals surface area contributed by atoms with Gasteiger partial charge in [0.05, 0.1) is 0 Å². The van der Waals surface area contributed by atoms with Gasteiger partial charge < -0.3 is 0 Å².